The van der Waals surface area contributed by atoms with Crippen molar-refractivity contribution in [2.45, 2.75) is 13.0 Å². The molecular formula is C10H13ClN2O. The second-order valence-corrected chi connectivity index (χ2v) is 3.81. The maximum atomic E-state index is 5.83. The van der Waals surface area contributed by atoms with E-state index in [1.165, 1.54) is 0 Å². The topological polar surface area (TPSA) is 38.5 Å². The number of rotatable bonds is 2. The van der Waals surface area contributed by atoms with Gasteiger partial charge in [0, 0.05) is 13.1 Å². The Hall–Kier alpha value is -0.770. The van der Waals surface area contributed by atoms with Gasteiger partial charge in [0.05, 0.1) is 17.3 Å². The smallest absolute Gasteiger partial charge is 0.0698 e. The number of halogens is 1. The first-order valence-corrected chi connectivity index (χ1v) is 5.05. The van der Waals surface area contributed by atoms with E-state index in [9.17, 15) is 0 Å². The molecule has 0 bridgehead atoms. The Morgan fingerprint density at radius 1 is 1.50 bits per heavy atom. The van der Waals surface area contributed by atoms with Crippen molar-refractivity contribution in [1.29, 1.82) is 0 Å². The minimum Gasteiger partial charge on any atom is -0.398 e. The minimum absolute atomic E-state index is 0.607. The number of benzene rings is 1. The fourth-order valence-electron chi connectivity index (χ4n) is 1.52. The van der Waals surface area contributed by atoms with E-state index in [0.29, 0.717) is 10.7 Å². The molecule has 0 radical (unpaired) electrons. The first-order valence-electron chi connectivity index (χ1n) is 4.67. The number of hydroxylamine groups is 2. The predicted octanol–water partition coefficient (Wildman–Crippen LogP) is 2.06. The molecule has 0 spiro atoms. The molecule has 76 valence electrons. The Morgan fingerprint density at radius 2 is 2.36 bits per heavy atom. The van der Waals surface area contributed by atoms with Crippen LogP contribution < -0.4 is 5.73 Å². The summed E-state index contributed by atoms with van der Waals surface area (Å²) >= 11 is 5.83. The van der Waals surface area contributed by atoms with Gasteiger partial charge in [-0.25, -0.2) is 0 Å². The van der Waals surface area contributed by atoms with E-state index in [-0.39, 0.29) is 0 Å². The Balaban J connectivity index is 2.05. The van der Waals surface area contributed by atoms with Crippen LogP contribution in [0.4, 0.5) is 5.69 Å². The van der Waals surface area contributed by atoms with Gasteiger partial charge in [0.25, 0.3) is 0 Å². The van der Waals surface area contributed by atoms with E-state index in [1.54, 1.807) is 0 Å². The molecule has 2 N–H and O–H groups in total. The van der Waals surface area contributed by atoms with Crippen molar-refractivity contribution in [2.75, 3.05) is 18.9 Å². The largest absolute Gasteiger partial charge is 0.398 e. The Kier molecular flexibility index (Phi) is 2.91. The highest BCUT2D eigenvalue weighted by molar-refractivity contribution is 6.33. The van der Waals surface area contributed by atoms with Crippen molar-refractivity contribution in [2.24, 2.45) is 0 Å². The third kappa shape index (κ3) is 2.18. The van der Waals surface area contributed by atoms with E-state index in [1.807, 2.05) is 23.3 Å². The van der Waals surface area contributed by atoms with Crippen molar-refractivity contribution in [1.82, 2.24) is 5.06 Å². The van der Waals surface area contributed by atoms with E-state index in [4.69, 9.17) is 22.2 Å². The van der Waals surface area contributed by atoms with Crippen LogP contribution in [-0.4, -0.2) is 18.2 Å². The van der Waals surface area contributed by atoms with Gasteiger partial charge >= 0.3 is 0 Å². The molecule has 1 aromatic carbocycles. The van der Waals surface area contributed by atoms with Crippen LogP contribution in [0.2, 0.25) is 5.02 Å². The number of anilines is 1. The molecule has 14 heavy (non-hydrogen) atoms. The molecule has 3 nitrogen and oxygen atoms in total. The number of hydrogen-bond donors (Lipinski definition) is 1. The van der Waals surface area contributed by atoms with Crippen LogP contribution in [0.3, 0.4) is 0 Å². The predicted molar refractivity (Wildman–Crippen MR) is 56.8 cm³/mol. The molecule has 0 atom stereocenters. The molecule has 4 heteroatoms. The van der Waals surface area contributed by atoms with Gasteiger partial charge in [-0.3, -0.25) is 4.84 Å². The lowest BCUT2D eigenvalue weighted by Gasteiger charge is -2.13. The van der Waals surface area contributed by atoms with E-state index in [2.05, 4.69) is 0 Å². The third-order valence-electron chi connectivity index (χ3n) is 2.25. The molecule has 1 heterocycles. The maximum absolute atomic E-state index is 5.83. The monoisotopic (exact) mass is 212 g/mol. The zero-order chi connectivity index (χ0) is 9.97. The molecule has 2 rings (SSSR count). The van der Waals surface area contributed by atoms with Crippen LogP contribution in [-0.2, 0) is 11.4 Å². The standard InChI is InChI=1S/C10H13ClN2O/c11-9-3-2-8(6-10(9)12)7-13-4-1-5-14-13/h2-3,6H,1,4-5,7,12H2. The van der Waals surface area contributed by atoms with Gasteiger partial charge in [-0.15, -0.1) is 0 Å². The summed E-state index contributed by atoms with van der Waals surface area (Å²) in [6.45, 7) is 2.59. The van der Waals surface area contributed by atoms with Gasteiger partial charge in [-0.1, -0.05) is 17.7 Å². The number of nitrogen functional groups attached to an aromatic ring is 1. The molecule has 1 aromatic rings. The second-order valence-electron chi connectivity index (χ2n) is 3.41. The molecule has 1 aliphatic rings. The van der Waals surface area contributed by atoms with E-state index < -0.39 is 0 Å². The summed E-state index contributed by atoms with van der Waals surface area (Å²) in [5.74, 6) is 0. The Bertz CT molecular complexity index is 324. The first-order chi connectivity index (χ1) is 6.75. The van der Waals surface area contributed by atoms with Gasteiger partial charge < -0.3 is 5.73 Å². The fraction of sp³-hybridized carbons (Fsp3) is 0.400. The van der Waals surface area contributed by atoms with Crippen molar-refractivity contribution in [3.05, 3.63) is 28.8 Å². The summed E-state index contributed by atoms with van der Waals surface area (Å²) < 4.78 is 0. The molecule has 0 amide bonds. The quantitative estimate of drug-likeness (QED) is 0.763. The summed E-state index contributed by atoms with van der Waals surface area (Å²) in [6.07, 6.45) is 1.10. The van der Waals surface area contributed by atoms with Crippen LogP contribution in [0.15, 0.2) is 18.2 Å². The van der Waals surface area contributed by atoms with Gasteiger partial charge in [0.1, 0.15) is 0 Å². The normalized spacial score (nSPS) is 17.5. The maximum Gasteiger partial charge on any atom is 0.0698 e. The fourth-order valence-corrected chi connectivity index (χ4v) is 1.64. The van der Waals surface area contributed by atoms with Crippen LogP contribution >= 0.6 is 11.6 Å². The Labute approximate surface area is 88.4 Å². The van der Waals surface area contributed by atoms with Crippen LogP contribution in [0.1, 0.15) is 12.0 Å². The Morgan fingerprint density at radius 3 is 3.00 bits per heavy atom. The number of nitrogens with two attached hydrogens (primary N) is 1. The molecule has 0 saturated carbocycles. The SMILES string of the molecule is Nc1cc(CN2CCCO2)ccc1Cl. The van der Waals surface area contributed by atoms with Crippen LogP contribution in [0.5, 0.6) is 0 Å². The van der Waals surface area contributed by atoms with Crippen molar-refractivity contribution < 1.29 is 4.84 Å². The molecule has 0 aromatic heterocycles. The average Bonchev–Trinajstić information content (AvgIpc) is 2.64. The van der Waals surface area contributed by atoms with Crippen molar-refractivity contribution >= 4 is 17.3 Å². The lowest BCUT2D eigenvalue weighted by Crippen LogP contribution is -2.16. The highest BCUT2D eigenvalue weighted by Crippen LogP contribution is 2.21. The molecular weight excluding hydrogens is 200 g/mol. The van der Waals surface area contributed by atoms with Crippen molar-refractivity contribution in [3.8, 4) is 0 Å². The second kappa shape index (κ2) is 4.17. The summed E-state index contributed by atoms with van der Waals surface area (Å²) in [4.78, 5) is 5.39. The van der Waals surface area contributed by atoms with Gasteiger partial charge in [-0.2, -0.15) is 5.06 Å². The summed E-state index contributed by atoms with van der Waals surface area (Å²) in [7, 11) is 0. The van der Waals surface area contributed by atoms with Crippen LogP contribution in [0, 0.1) is 0 Å². The number of hydrogen-bond acceptors (Lipinski definition) is 3. The zero-order valence-electron chi connectivity index (χ0n) is 7.87. The number of nitrogens with zero attached hydrogens (tertiary/aromatic N) is 1. The third-order valence-corrected chi connectivity index (χ3v) is 2.59. The van der Waals surface area contributed by atoms with E-state index in [0.717, 1.165) is 31.7 Å². The van der Waals surface area contributed by atoms with Gasteiger partial charge in [0.2, 0.25) is 0 Å². The lowest BCUT2D eigenvalue weighted by atomic mass is 10.2. The molecule has 1 aliphatic heterocycles. The van der Waals surface area contributed by atoms with Gasteiger partial charge in [0.15, 0.2) is 0 Å². The highest BCUT2D eigenvalue weighted by Gasteiger charge is 2.12. The van der Waals surface area contributed by atoms with Crippen LogP contribution in [0.25, 0.3) is 0 Å². The summed E-state index contributed by atoms with van der Waals surface area (Å²) in [5, 5.41) is 2.55. The van der Waals surface area contributed by atoms with Crippen molar-refractivity contribution in [3.63, 3.8) is 0 Å². The average molecular weight is 213 g/mol. The lowest BCUT2D eigenvalue weighted by molar-refractivity contribution is -0.117. The molecule has 1 saturated heterocycles. The first kappa shape index (κ1) is 9.77. The minimum atomic E-state index is 0.607. The molecule has 0 unspecified atom stereocenters. The summed E-state index contributed by atoms with van der Waals surface area (Å²) in [5.41, 5.74) is 7.46. The van der Waals surface area contributed by atoms with Gasteiger partial charge in [-0.05, 0) is 24.1 Å². The molecule has 0 aliphatic carbocycles. The highest BCUT2D eigenvalue weighted by atomic mass is 35.5. The molecule has 1 fully saturated rings. The van der Waals surface area contributed by atoms with E-state index >= 15 is 0 Å². The zero-order valence-corrected chi connectivity index (χ0v) is 8.63. The summed E-state index contributed by atoms with van der Waals surface area (Å²) in [6, 6.07) is 5.69.